The molecule has 0 bridgehead atoms. The predicted octanol–water partition coefficient (Wildman–Crippen LogP) is 5.62. The van der Waals surface area contributed by atoms with Gasteiger partial charge in [0.1, 0.15) is 11.4 Å². The van der Waals surface area contributed by atoms with Gasteiger partial charge in [-0.15, -0.1) is 0 Å². The molecule has 6 nitrogen and oxygen atoms in total. The van der Waals surface area contributed by atoms with Gasteiger partial charge >= 0.3 is 18.2 Å². The number of alkyl halides is 5. The Balaban J connectivity index is 1.91. The lowest BCUT2D eigenvalue weighted by molar-refractivity contribution is -0.289. The van der Waals surface area contributed by atoms with Gasteiger partial charge in [-0.3, -0.25) is 4.79 Å². The van der Waals surface area contributed by atoms with Crippen molar-refractivity contribution in [3.05, 3.63) is 70.3 Å². The SMILES string of the molecule is CCOC(=O)NCC1=C(N2Cc3ccccc3C2=O)c2cc(C(F)(F)C(F)(F)F)ccc2OC1(C)C. The van der Waals surface area contributed by atoms with Crippen molar-refractivity contribution < 1.29 is 41.0 Å². The first-order valence-corrected chi connectivity index (χ1v) is 11.1. The summed E-state index contributed by atoms with van der Waals surface area (Å²) < 4.78 is 78.9. The van der Waals surface area contributed by atoms with Crippen molar-refractivity contribution in [1.82, 2.24) is 10.2 Å². The molecular formula is C25H23F5N2O4. The van der Waals surface area contributed by atoms with E-state index in [1.54, 1.807) is 45.0 Å². The van der Waals surface area contributed by atoms with Crippen molar-refractivity contribution in [1.29, 1.82) is 0 Å². The van der Waals surface area contributed by atoms with Crippen LogP contribution in [0.5, 0.6) is 5.75 Å². The minimum absolute atomic E-state index is 0.0281. The number of hydrogen-bond acceptors (Lipinski definition) is 4. The normalized spacial score (nSPS) is 16.9. The average molecular weight is 510 g/mol. The number of rotatable bonds is 5. The van der Waals surface area contributed by atoms with Gasteiger partial charge in [-0.05, 0) is 50.6 Å². The van der Waals surface area contributed by atoms with Crippen molar-refractivity contribution in [3.8, 4) is 5.75 Å². The summed E-state index contributed by atoms with van der Waals surface area (Å²) in [5.74, 6) is -5.56. The standard InChI is InChI=1S/C25H23F5N2O4/c1-4-35-22(34)31-12-18-20(32-13-14-7-5-6-8-16(14)21(32)33)17-11-15(24(26,27)25(28,29)30)9-10-19(17)36-23(18,2)3/h5-11H,4,12-13H2,1-3H3,(H,31,34). The largest absolute Gasteiger partial charge is 0.483 e. The summed E-state index contributed by atoms with van der Waals surface area (Å²) in [6.07, 6.45) is -6.59. The molecule has 0 aliphatic carbocycles. The van der Waals surface area contributed by atoms with E-state index in [-0.39, 0.29) is 36.7 Å². The van der Waals surface area contributed by atoms with Gasteiger partial charge in [0.25, 0.3) is 5.91 Å². The summed E-state index contributed by atoms with van der Waals surface area (Å²) in [5, 5.41) is 2.53. The van der Waals surface area contributed by atoms with E-state index in [2.05, 4.69) is 5.32 Å². The lowest BCUT2D eigenvalue weighted by atomic mass is 9.87. The minimum Gasteiger partial charge on any atom is -0.483 e. The Kier molecular flexibility index (Phi) is 6.22. The minimum atomic E-state index is -5.83. The van der Waals surface area contributed by atoms with Crippen molar-refractivity contribution in [2.45, 2.75) is 45.0 Å². The summed E-state index contributed by atoms with van der Waals surface area (Å²) in [6, 6.07) is 9.11. The van der Waals surface area contributed by atoms with Crippen LogP contribution >= 0.6 is 0 Å². The number of amides is 2. The van der Waals surface area contributed by atoms with Gasteiger partial charge in [0.15, 0.2) is 0 Å². The summed E-state index contributed by atoms with van der Waals surface area (Å²) >= 11 is 0. The highest BCUT2D eigenvalue weighted by Gasteiger charge is 2.59. The molecular weight excluding hydrogens is 487 g/mol. The molecule has 36 heavy (non-hydrogen) atoms. The van der Waals surface area contributed by atoms with Crippen molar-refractivity contribution in [2.24, 2.45) is 0 Å². The van der Waals surface area contributed by atoms with Gasteiger partial charge < -0.3 is 19.7 Å². The Bertz CT molecular complexity index is 1250. The quantitative estimate of drug-likeness (QED) is 0.530. The van der Waals surface area contributed by atoms with E-state index in [0.29, 0.717) is 28.8 Å². The van der Waals surface area contributed by atoms with Crippen LogP contribution in [0.3, 0.4) is 0 Å². The van der Waals surface area contributed by atoms with Gasteiger partial charge in [0.2, 0.25) is 0 Å². The summed E-state index contributed by atoms with van der Waals surface area (Å²) in [4.78, 5) is 26.7. The number of hydrogen-bond donors (Lipinski definition) is 1. The molecule has 1 N–H and O–H groups in total. The monoisotopic (exact) mass is 510 g/mol. The molecule has 2 aromatic carbocycles. The number of halogens is 5. The molecule has 0 saturated carbocycles. The Morgan fingerprint density at radius 2 is 1.81 bits per heavy atom. The van der Waals surface area contributed by atoms with E-state index < -0.39 is 35.3 Å². The Labute approximate surface area is 203 Å². The zero-order valence-corrected chi connectivity index (χ0v) is 19.6. The van der Waals surface area contributed by atoms with Gasteiger partial charge in [-0.2, -0.15) is 22.0 Å². The van der Waals surface area contributed by atoms with E-state index in [1.807, 2.05) is 0 Å². The predicted molar refractivity (Wildman–Crippen MR) is 119 cm³/mol. The number of benzene rings is 2. The first-order chi connectivity index (χ1) is 16.8. The van der Waals surface area contributed by atoms with Crippen molar-refractivity contribution in [2.75, 3.05) is 13.2 Å². The average Bonchev–Trinajstić information content (AvgIpc) is 3.12. The molecule has 0 unspecified atom stereocenters. The zero-order valence-electron chi connectivity index (χ0n) is 19.6. The van der Waals surface area contributed by atoms with E-state index in [1.165, 1.54) is 4.90 Å². The second kappa shape index (κ2) is 8.79. The maximum atomic E-state index is 14.3. The fourth-order valence-electron chi connectivity index (χ4n) is 4.33. The van der Waals surface area contributed by atoms with Gasteiger partial charge in [0.05, 0.1) is 18.8 Å². The maximum Gasteiger partial charge on any atom is 0.458 e. The van der Waals surface area contributed by atoms with E-state index in [4.69, 9.17) is 9.47 Å². The first-order valence-electron chi connectivity index (χ1n) is 11.1. The lowest BCUT2D eigenvalue weighted by Crippen LogP contribution is -2.43. The van der Waals surface area contributed by atoms with Gasteiger partial charge in [-0.1, -0.05) is 18.2 Å². The van der Waals surface area contributed by atoms with Crippen LogP contribution in [0.4, 0.5) is 26.7 Å². The smallest absolute Gasteiger partial charge is 0.458 e. The van der Waals surface area contributed by atoms with Crippen LogP contribution < -0.4 is 10.1 Å². The van der Waals surface area contributed by atoms with Crippen LogP contribution in [0, 0.1) is 0 Å². The third-order valence-corrected chi connectivity index (χ3v) is 6.11. The van der Waals surface area contributed by atoms with Crippen LogP contribution in [-0.2, 0) is 17.2 Å². The number of nitrogens with one attached hydrogen (secondary N) is 1. The number of carbonyl (C=O) groups excluding carboxylic acids is 2. The highest BCUT2D eigenvalue weighted by molar-refractivity contribution is 6.04. The number of carbonyl (C=O) groups is 2. The second-order valence-electron chi connectivity index (χ2n) is 8.85. The molecule has 0 aromatic heterocycles. The van der Waals surface area contributed by atoms with E-state index >= 15 is 0 Å². The molecule has 2 heterocycles. The Morgan fingerprint density at radius 3 is 2.44 bits per heavy atom. The third-order valence-electron chi connectivity index (χ3n) is 6.11. The molecule has 2 aromatic rings. The number of ether oxygens (including phenoxy) is 2. The fraction of sp³-hybridized carbons (Fsp3) is 0.360. The molecule has 0 spiro atoms. The second-order valence-corrected chi connectivity index (χ2v) is 8.85. The number of alkyl carbamates (subject to hydrolysis) is 1. The van der Waals surface area contributed by atoms with Gasteiger partial charge in [0, 0.05) is 28.8 Å². The van der Waals surface area contributed by atoms with Crippen LogP contribution in [-0.4, -0.2) is 41.8 Å². The van der Waals surface area contributed by atoms with Crippen LogP contribution in [0.25, 0.3) is 5.70 Å². The van der Waals surface area contributed by atoms with Crippen LogP contribution in [0.15, 0.2) is 48.0 Å². The van der Waals surface area contributed by atoms with Crippen molar-refractivity contribution >= 4 is 17.7 Å². The summed E-state index contributed by atoms with van der Waals surface area (Å²) in [5.41, 5.74) is -1.13. The molecule has 0 atom stereocenters. The van der Waals surface area contributed by atoms with Crippen molar-refractivity contribution in [3.63, 3.8) is 0 Å². The molecule has 0 saturated heterocycles. The summed E-state index contributed by atoms with van der Waals surface area (Å²) in [7, 11) is 0. The van der Waals surface area contributed by atoms with Crippen LogP contribution in [0.1, 0.15) is 47.8 Å². The van der Waals surface area contributed by atoms with E-state index in [0.717, 1.165) is 6.07 Å². The van der Waals surface area contributed by atoms with Gasteiger partial charge in [-0.25, -0.2) is 4.79 Å². The molecule has 0 fully saturated rings. The van der Waals surface area contributed by atoms with E-state index in [9.17, 15) is 31.5 Å². The topological polar surface area (TPSA) is 67.9 Å². The molecule has 4 rings (SSSR count). The molecule has 11 heteroatoms. The fourth-order valence-corrected chi connectivity index (χ4v) is 4.33. The maximum absolute atomic E-state index is 14.3. The molecule has 2 aliphatic heterocycles. The Morgan fingerprint density at radius 1 is 1.11 bits per heavy atom. The molecule has 0 radical (unpaired) electrons. The number of fused-ring (bicyclic) bond motifs is 2. The number of nitrogens with zero attached hydrogens (tertiary/aromatic N) is 1. The Hall–Kier alpha value is -3.63. The zero-order chi connectivity index (χ0) is 26.5. The highest BCUT2D eigenvalue weighted by atomic mass is 19.4. The lowest BCUT2D eigenvalue weighted by Gasteiger charge is -2.40. The van der Waals surface area contributed by atoms with Crippen LogP contribution in [0.2, 0.25) is 0 Å². The summed E-state index contributed by atoms with van der Waals surface area (Å²) in [6.45, 7) is 4.84. The molecule has 192 valence electrons. The molecule has 2 amide bonds. The third kappa shape index (κ3) is 4.27. The first kappa shape index (κ1) is 25.5. The molecule has 2 aliphatic rings. The highest BCUT2D eigenvalue weighted by Crippen LogP contribution is 2.49.